The lowest BCUT2D eigenvalue weighted by Gasteiger charge is -2.08. The van der Waals surface area contributed by atoms with Crippen molar-refractivity contribution in [3.63, 3.8) is 0 Å². The van der Waals surface area contributed by atoms with E-state index in [-0.39, 0.29) is 10.7 Å². The van der Waals surface area contributed by atoms with Crippen LogP contribution in [-0.4, -0.2) is 9.78 Å². The van der Waals surface area contributed by atoms with E-state index in [1.54, 1.807) is 0 Å². The summed E-state index contributed by atoms with van der Waals surface area (Å²) in [7, 11) is 1.34. The summed E-state index contributed by atoms with van der Waals surface area (Å²) < 4.78 is 38.2. The molecule has 0 aliphatic heterocycles. The van der Waals surface area contributed by atoms with E-state index in [1.807, 2.05) is 0 Å². The molecule has 0 aromatic carbocycles. The molecule has 1 unspecified atom stereocenters. The standard InChI is InChI=1S/C7H9ClF3N3/c1-3(12)4-5(7(9,10)11)13-14(2)6(4)8/h3H,12H2,1-2H3. The fourth-order valence-corrected chi connectivity index (χ4v) is 1.43. The summed E-state index contributed by atoms with van der Waals surface area (Å²) in [5, 5.41) is 3.21. The van der Waals surface area contributed by atoms with Gasteiger partial charge < -0.3 is 5.73 Å². The monoisotopic (exact) mass is 227 g/mol. The second-order valence-corrected chi connectivity index (χ2v) is 3.32. The van der Waals surface area contributed by atoms with Gasteiger partial charge in [0.15, 0.2) is 5.69 Å². The highest BCUT2D eigenvalue weighted by molar-refractivity contribution is 6.30. The Morgan fingerprint density at radius 1 is 1.50 bits per heavy atom. The second-order valence-electron chi connectivity index (χ2n) is 2.96. The Bertz CT molecular complexity index is 343. The van der Waals surface area contributed by atoms with E-state index in [4.69, 9.17) is 17.3 Å². The first-order valence-corrected chi connectivity index (χ1v) is 4.18. The molecule has 2 N–H and O–H groups in total. The maximum Gasteiger partial charge on any atom is 0.435 e. The van der Waals surface area contributed by atoms with Gasteiger partial charge in [-0.15, -0.1) is 0 Å². The molecule has 1 heterocycles. The number of aryl methyl sites for hydroxylation is 1. The van der Waals surface area contributed by atoms with E-state index >= 15 is 0 Å². The van der Waals surface area contributed by atoms with Gasteiger partial charge in [0.25, 0.3) is 0 Å². The smallest absolute Gasteiger partial charge is 0.324 e. The van der Waals surface area contributed by atoms with Gasteiger partial charge in [0, 0.05) is 18.7 Å². The summed E-state index contributed by atoms with van der Waals surface area (Å²) in [6.45, 7) is 1.43. The van der Waals surface area contributed by atoms with Crippen molar-refractivity contribution in [3.8, 4) is 0 Å². The van der Waals surface area contributed by atoms with Gasteiger partial charge in [0.1, 0.15) is 5.15 Å². The highest BCUT2D eigenvalue weighted by Crippen LogP contribution is 2.36. The summed E-state index contributed by atoms with van der Waals surface area (Å²) in [6, 6.07) is -0.798. The van der Waals surface area contributed by atoms with E-state index < -0.39 is 17.9 Å². The third kappa shape index (κ3) is 1.85. The van der Waals surface area contributed by atoms with Crippen LogP contribution < -0.4 is 5.73 Å². The van der Waals surface area contributed by atoms with Gasteiger partial charge in [-0.3, -0.25) is 4.68 Å². The minimum absolute atomic E-state index is 0.0766. The van der Waals surface area contributed by atoms with E-state index in [1.165, 1.54) is 14.0 Å². The zero-order chi connectivity index (χ0) is 11.1. The fraction of sp³-hybridized carbons (Fsp3) is 0.571. The third-order valence-electron chi connectivity index (χ3n) is 1.74. The lowest BCUT2D eigenvalue weighted by molar-refractivity contribution is -0.142. The predicted octanol–water partition coefficient (Wildman–Crippen LogP) is 2.11. The van der Waals surface area contributed by atoms with Gasteiger partial charge in [-0.25, -0.2) is 0 Å². The first kappa shape index (κ1) is 11.3. The van der Waals surface area contributed by atoms with Crippen molar-refractivity contribution in [2.45, 2.75) is 19.1 Å². The lowest BCUT2D eigenvalue weighted by atomic mass is 10.1. The molecule has 0 bridgehead atoms. The number of hydrogen-bond acceptors (Lipinski definition) is 2. The molecule has 0 aliphatic carbocycles. The van der Waals surface area contributed by atoms with Crippen LogP contribution in [0.15, 0.2) is 0 Å². The Labute approximate surface area is 83.6 Å². The Balaban J connectivity index is 3.37. The SMILES string of the molecule is CC(N)c1c(C(F)(F)F)nn(C)c1Cl. The molecule has 1 rings (SSSR count). The van der Waals surface area contributed by atoms with E-state index in [9.17, 15) is 13.2 Å². The van der Waals surface area contributed by atoms with Crippen molar-refractivity contribution in [2.24, 2.45) is 12.8 Å². The van der Waals surface area contributed by atoms with Crippen LogP contribution in [0.1, 0.15) is 24.2 Å². The maximum absolute atomic E-state index is 12.4. The van der Waals surface area contributed by atoms with Crippen molar-refractivity contribution in [1.29, 1.82) is 0 Å². The zero-order valence-electron chi connectivity index (χ0n) is 7.56. The molecule has 0 radical (unpaired) electrons. The third-order valence-corrected chi connectivity index (χ3v) is 2.18. The molecule has 3 nitrogen and oxygen atoms in total. The second kappa shape index (κ2) is 3.43. The molecule has 1 aromatic rings. The van der Waals surface area contributed by atoms with Crippen LogP contribution >= 0.6 is 11.6 Å². The van der Waals surface area contributed by atoms with Crippen LogP contribution in [0.3, 0.4) is 0 Å². The van der Waals surface area contributed by atoms with E-state index in [2.05, 4.69) is 5.10 Å². The molecule has 0 saturated heterocycles. The van der Waals surface area contributed by atoms with Crippen LogP contribution in [0.5, 0.6) is 0 Å². The average molecular weight is 228 g/mol. The van der Waals surface area contributed by atoms with Crippen LogP contribution in [0.4, 0.5) is 13.2 Å². The first-order chi connectivity index (χ1) is 6.25. The molecular weight excluding hydrogens is 219 g/mol. The number of rotatable bonds is 1. The normalized spacial score (nSPS) is 14.5. The van der Waals surface area contributed by atoms with Crippen molar-refractivity contribution in [1.82, 2.24) is 9.78 Å². The Kier molecular flexibility index (Phi) is 2.78. The molecule has 14 heavy (non-hydrogen) atoms. The summed E-state index contributed by atoms with van der Waals surface area (Å²) >= 11 is 5.64. The van der Waals surface area contributed by atoms with Crippen LogP contribution in [0, 0.1) is 0 Å². The topological polar surface area (TPSA) is 43.8 Å². The highest BCUT2D eigenvalue weighted by Gasteiger charge is 2.39. The summed E-state index contributed by atoms with van der Waals surface area (Å²) in [4.78, 5) is 0. The molecule has 1 aromatic heterocycles. The number of halogens is 4. The quantitative estimate of drug-likeness (QED) is 0.799. The van der Waals surface area contributed by atoms with E-state index in [0.29, 0.717) is 0 Å². The Morgan fingerprint density at radius 2 is 2.00 bits per heavy atom. The van der Waals surface area contributed by atoms with Gasteiger partial charge in [-0.1, -0.05) is 11.6 Å². The molecule has 1 atom stereocenters. The number of alkyl halides is 3. The molecule has 0 spiro atoms. The van der Waals surface area contributed by atoms with Gasteiger partial charge in [0.05, 0.1) is 0 Å². The summed E-state index contributed by atoms with van der Waals surface area (Å²) in [5.74, 6) is 0. The Morgan fingerprint density at radius 3 is 2.29 bits per heavy atom. The minimum atomic E-state index is -4.52. The molecule has 80 valence electrons. The largest absolute Gasteiger partial charge is 0.435 e. The molecular formula is C7H9ClF3N3. The number of hydrogen-bond donors (Lipinski definition) is 1. The minimum Gasteiger partial charge on any atom is -0.324 e. The molecule has 0 amide bonds. The van der Waals surface area contributed by atoms with Crippen molar-refractivity contribution in [2.75, 3.05) is 0 Å². The number of nitrogens with zero attached hydrogens (tertiary/aromatic N) is 2. The lowest BCUT2D eigenvalue weighted by Crippen LogP contribution is -2.14. The van der Waals surface area contributed by atoms with Crippen molar-refractivity contribution < 1.29 is 13.2 Å². The average Bonchev–Trinajstić information content (AvgIpc) is 2.27. The molecule has 0 saturated carbocycles. The molecule has 0 aliphatic rings. The maximum atomic E-state index is 12.4. The van der Waals surface area contributed by atoms with Crippen LogP contribution in [0.2, 0.25) is 5.15 Å². The van der Waals surface area contributed by atoms with Crippen molar-refractivity contribution in [3.05, 3.63) is 16.4 Å². The summed E-state index contributed by atoms with van der Waals surface area (Å²) in [6.07, 6.45) is -4.52. The van der Waals surface area contributed by atoms with Crippen molar-refractivity contribution >= 4 is 11.6 Å². The zero-order valence-corrected chi connectivity index (χ0v) is 8.32. The van der Waals surface area contributed by atoms with Gasteiger partial charge in [0.2, 0.25) is 0 Å². The first-order valence-electron chi connectivity index (χ1n) is 3.80. The number of nitrogens with two attached hydrogens (primary N) is 1. The predicted molar refractivity (Wildman–Crippen MR) is 45.8 cm³/mol. The summed E-state index contributed by atoms with van der Waals surface area (Å²) in [5.41, 5.74) is 4.21. The van der Waals surface area contributed by atoms with Gasteiger partial charge >= 0.3 is 6.18 Å². The van der Waals surface area contributed by atoms with Gasteiger partial charge in [-0.05, 0) is 6.92 Å². The Hall–Kier alpha value is -0.750. The molecule has 7 heteroatoms. The highest BCUT2D eigenvalue weighted by atomic mass is 35.5. The number of aromatic nitrogens is 2. The molecule has 0 fully saturated rings. The van der Waals surface area contributed by atoms with Crippen LogP contribution in [-0.2, 0) is 13.2 Å². The fourth-order valence-electron chi connectivity index (χ4n) is 1.13. The van der Waals surface area contributed by atoms with E-state index in [0.717, 1.165) is 4.68 Å². The van der Waals surface area contributed by atoms with Gasteiger partial charge in [-0.2, -0.15) is 18.3 Å². The van der Waals surface area contributed by atoms with Crippen LogP contribution in [0.25, 0.3) is 0 Å².